The van der Waals surface area contributed by atoms with E-state index in [1.165, 1.54) is 0 Å². The fourth-order valence-electron chi connectivity index (χ4n) is 1.69. The lowest BCUT2D eigenvalue weighted by molar-refractivity contribution is 0.0526. The molecule has 0 atom stereocenters. The maximum atomic E-state index is 11.7. The fraction of sp³-hybridized carbons (Fsp3) is 0.133. The first-order chi connectivity index (χ1) is 9.60. The van der Waals surface area contributed by atoms with Crippen molar-refractivity contribution in [3.63, 3.8) is 0 Å². The summed E-state index contributed by atoms with van der Waals surface area (Å²) in [6.45, 7) is 2.13. The van der Waals surface area contributed by atoms with Crippen molar-refractivity contribution >= 4 is 45.6 Å². The topological polar surface area (TPSA) is 64.3 Å². The third kappa shape index (κ3) is 3.63. The number of benzene rings is 2. The maximum Gasteiger partial charge on any atom is 0.338 e. The van der Waals surface area contributed by atoms with Crippen LogP contribution in [-0.4, -0.2) is 12.6 Å². The Hall–Kier alpha value is -1.76. The average Bonchev–Trinajstić information content (AvgIpc) is 2.44. The number of nitrogens with one attached hydrogen (secondary N) is 1. The Labute approximate surface area is 131 Å². The number of nitrogen functional groups attached to an aromatic ring is 1. The van der Waals surface area contributed by atoms with Gasteiger partial charge in [0.05, 0.1) is 23.5 Å². The zero-order chi connectivity index (χ0) is 14.5. The number of esters is 1. The summed E-state index contributed by atoms with van der Waals surface area (Å²) in [4.78, 5) is 11.7. The van der Waals surface area contributed by atoms with Gasteiger partial charge in [-0.15, -0.1) is 0 Å². The molecule has 0 heterocycles. The first kappa shape index (κ1) is 14.6. The van der Waals surface area contributed by atoms with Crippen LogP contribution in [0.4, 0.5) is 17.1 Å². The lowest BCUT2D eigenvalue weighted by Gasteiger charge is -2.11. The van der Waals surface area contributed by atoms with Crippen LogP contribution >= 0.6 is 22.6 Å². The molecular formula is C15H15IN2O2. The molecule has 0 bridgehead atoms. The van der Waals surface area contributed by atoms with Crippen molar-refractivity contribution in [1.82, 2.24) is 0 Å². The molecule has 0 fully saturated rings. The summed E-state index contributed by atoms with van der Waals surface area (Å²) < 4.78 is 6.13. The normalized spacial score (nSPS) is 10.1. The highest BCUT2D eigenvalue weighted by atomic mass is 127. The van der Waals surface area contributed by atoms with Crippen LogP contribution in [0.25, 0.3) is 0 Å². The Morgan fingerprint density at radius 3 is 2.60 bits per heavy atom. The van der Waals surface area contributed by atoms with Crippen LogP contribution in [0.3, 0.4) is 0 Å². The van der Waals surface area contributed by atoms with Gasteiger partial charge >= 0.3 is 5.97 Å². The minimum Gasteiger partial charge on any atom is -0.462 e. The molecule has 104 valence electrons. The molecule has 2 aromatic carbocycles. The van der Waals surface area contributed by atoms with Gasteiger partial charge < -0.3 is 15.8 Å². The predicted molar refractivity (Wildman–Crippen MR) is 89.3 cm³/mol. The van der Waals surface area contributed by atoms with Crippen molar-refractivity contribution in [3.05, 3.63) is 51.6 Å². The molecule has 0 aliphatic heterocycles. The summed E-state index contributed by atoms with van der Waals surface area (Å²) in [5.41, 5.74) is 8.59. The van der Waals surface area contributed by atoms with Crippen LogP contribution in [0.2, 0.25) is 0 Å². The predicted octanol–water partition coefficient (Wildman–Crippen LogP) is 3.79. The maximum absolute atomic E-state index is 11.7. The molecule has 0 aliphatic rings. The molecule has 0 unspecified atom stereocenters. The summed E-state index contributed by atoms with van der Waals surface area (Å²) in [6.07, 6.45) is 0. The number of carbonyl (C=O) groups excluding carboxylic acids is 1. The second-order valence-electron chi connectivity index (χ2n) is 4.15. The first-order valence-corrected chi connectivity index (χ1v) is 7.27. The zero-order valence-electron chi connectivity index (χ0n) is 11.0. The molecule has 20 heavy (non-hydrogen) atoms. The van der Waals surface area contributed by atoms with Crippen LogP contribution in [-0.2, 0) is 4.74 Å². The standard InChI is InChI=1S/C15H15IN2O2/c1-2-20-15(19)10-3-8-13(17)14(9-10)18-12-6-4-11(16)5-7-12/h3-9,18H,2,17H2,1H3. The van der Waals surface area contributed by atoms with E-state index in [0.717, 1.165) is 9.26 Å². The van der Waals surface area contributed by atoms with E-state index in [1.807, 2.05) is 24.3 Å². The molecule has 0 aliphatic carbocycles. The molecule has 0 spiro atoms. The summed E-state index contributed by atoms with van der Waals surface area (Å²) in [7, 11) is 0. The van der Waals surface area contributed by atoms with Crippen LogP contribution in [0.5, 0.6) is 0 Å². The van der Waals surface area contributed by atoms with Gasteiger partial charge in [0.1, 0.15) is 0 Å². The molecule has 0 amide bonds. The number of hydrogen-bond donors (Lipinski definition) is 2. The van der Waals surface area contributed by atoms with Gasteiger partial charge in [0.2, 0.25) is 0 Å². The van der Waals surface area contributed by atoms with Gasteiger partial charge in [0.15, 0.2) is 0 Å². The molecule has 0 saturated carbocycles. The van der Waals surface area contributed by atoms with E-state index in [0.29, 0.717) is 23.5 Å². The van der Waals surface area contributed by atoms with Crippen molar-refractivity contribution in [3.8, 4) is 0 Å². The Kier molecular flexibility index (Phi) is 4.84. The van der Waals surface area contributed by atoms with Gasteiger partial charge in [-0.05, 0) is 72.0 Å². The van der Waals surface area contributed by atoms with E-state index >= 15 is 0 Å². The second-order valence-corrected chi connectivity index (χ2v) is 5.40. The van der Waals surface area contributed by atoms with Gasteiger partial charge in [0.25, 0.3) is 0 Å². The molecule has 3 N–H and O–H groups in total. The van der Waals surface area contributed by atoms with Crippen LogP contribution in [0, 0.1) is 3.57 Å². The molecule has 0 saturated heterocycles. The molecule has 4 nitrogen and oxygen atoms in total. The van der Waals surface area contributed by atoms with Crippen molar-refractivity contribution in [1.29, 1.82) is 0 Å². The Morgan fingerprint density at radius 2 is 1.95 bits per heavy atom. The number of ether oxygens (including phenoxy) is 1. The van der Waals surface area contributed by atoms with Gasteiger partial charge in [-0.2, -0.15) is 0 Å². The van der Waals surface area contributed by atoms with Crippen molar-refractivity contribution in [2.75, 3.05) is 17.7 Å². The first-order valence-electron chi connectivity index (χ1n) is 6.19. The highest BCUT2D eigenvalue weighted by Gasteiger charge is 2.09. The smallest absolute Gasteiger partial charge is 0.338 e. The molecule has 0 aromatic heterocycles. The molecule has 5 heteroatoms. The Balaban J connectivity index is 2.24. The van der Waals surface area contributed by atoms with Crippen molar-refractivity contribution in [2.45, 2.75) is 6.92 Å². The fourth-order valence-corrected chi connectivity index (χ4v) is 2.05. The summed E-state index contributed by atoms with van der Waals surface area (Å²) >= 11 is 2.24. The number of carbonyl (C=O) groups is 1. The molecular weight excluding hydrogens is 367 g/mol. The largest absolute Gasteiger partial charge is 0.462 e. The van der Waals surface area contributed by atoms with E-state index in [-0.39, 0.29) is 5.97 Å². The van der Waals surface area contributed by atoms with Gasteiger partial charge in [-0.25, -0.2) is 4.79 Å². The molecule has 2 aromatic rings. The van der Waals surface area contributed by atoms with Gasteiger partial charge in [-0.3, -0.25) is 0 Å². The van der Waals surface area contributed by atoms with Crippen LogP contribution in [0.1, 0.15) is 17.3 Å². The van der Waals surface area contributed by atoms with E-state index < -0.39 is 0 Å². The number of hydrogen-bond acceptors (Lipinski definition) is 4. The minimum absolute atomic E-state index is 0.349. The van der Waals surface area contributed by atoms with E-state index in [9.17, 15) is 4.79 Å². The van der Waals surface area contributed by atoms with Gasteiger partial charge in [0, 0.05) is 9.26 Å². The number of nitrogens with two attached hydrogens (primary N) is 1. The third-order valence-corrected chi connectivity index (χ3v) is 3.41. The van der Waals surface area contributed by atoms with Gasteiger partial charge in [-0.1, -0.05) is 0 Å². The minimum atomic E-state index is -0.349. The van der Waals surface area contributed by atoms with Crippen LogP contribution < -0.4 is 11.1 Å². The lowest BCUT2D eigenvalue weighted by atomic mass is 10.1. The van der Waals surface area contributed by atoms with E-state index in [1.54, 1.807) is 25.1 Å². The molecule has 0 radical (unpaired) electrons. The number of halogens is 1. The Bertz CT molecular complexity index is 612. The molecule has 2 rings (SSSR count). The van der Waals surface area contributed by atoms with E-state index in [2.05, 4.69) is 27.9 Å². The lowest BCUT2D eigenvalue weighted by Crippen LogP contribution is -2.06. The average molecular weight is 382 g/mol. The Morgan fingerprint density at radius 1 is 1.25 bits per heavy atom. The number of anilines is 3. The van der Waals surface area contributed by atoms with Crippen LogP contribution in [0.15, 0.2) is 42.5 Å². The quantitative estimate of drug-likeness (QED) is 0.480. The summed E-state index contributed by atoms with van der Waals surface area (Å²) in [6, 6.07) is 13.0. The zero-order valence-corrected chi connectivity index (χ0v) is 13.2. The highest BCUT2D eigenvalue weighted by molar-refractivity contribution is 14.1. The SMILES string of the molecule is CCOC(=O)c1ccc(N)c(Nc2ccc(I)cc2)c1. The summed E-state index contributed by atoms with van der Waals surface area (Å²) in [5.74, 6) is -0.349. The van der Waals surface area contributed by atoms with E-state index in [4.69, 9.17) is 10.5 Å². The highest BCUT2D eigenvalue weighted by Crippen LogP contribution is 2.25. The van der Waals surface area contributed by atoms with Crippen molar-refractivity contribution < 1.29 is 9.53 Å². The van der Waals surface area contributed by atoms with Crippen molar-refractivity contribution in [2.24, 2.45) is 0 Å². The monoisotopic (exact) mass is 382 g/mol. The summed E-state index contributed by atoms with van der Waals surface area (Å²) in [5, 5.41) is 3.20. The number of rotatable bonds is 4. The second kappa shape index (κ2) is 6.60. The third-order valence-electron chi connectivity index (χ3n) is 2.69.